The van der Waals surface area contributed by atoms with Gasteiger partial charge in [0.25, 0.3) is 5.91 Å². The van der Waals surface area contributed by atoms with Crippen LogP contribution in [-0.4, -0.2) is 43.0 Å². The van der Waals surface area contributed by atoms with Crippen LogP contribution >= 0.6 is 0 Å². The summed E-state index contributed by atoms with van der Waals surface area (Å²) in [4.78, 5) is 17.8. The van der Waals surface area contributed by atoms with E-state index >= 15 is 0 Å². The van der Waals surface area contributed by atoms with Crippen LogP contribution in [0.1, 0.15) is 35.5 Å². The Morgan fingerprint density at radius 3 is 2.55 bits per heavy atom. The predicted octanol–water partition coefficient (Wildman–Crippen LogP) is 3.10. The molecular formula is C18H27N3O. The fraction of sp³-hybridized carbons (Fsp3) is 0.500. The van der Waals surface area contributed by atoms with Crippen molar-refractivity contribution in [1.82, 2.24) is 15.2 Å². The van der Waals surface area contributed by atoms with Crippen molar-refractivity contribution in [3.8, 4) is 0 Å². The molecule has 1 amide bonds. The molecule has 22 heavy (non-hydrogen) atoms. The second kappa shape index (κ2) is 6.13. The van der Waals surface area contributed by atoms with Gasteiger partial charge in [0.2, 0.25) is 0 Å². The summed E-state index contributed by atoms with van der Waals surface area (Å²) in [5.41, 5.74) is 4.08. The van der Waals surface area contributed by atoms with Crippen molar-refractivity contribution in [3.63, 3.8) is 0 Å². The first kappa shape index (κ1) is 16.6. The summed E-state index contributed by atoms with van der Waals surface area (Å²) in [7, 11) is 4.10. The Kier molecular flexibility index (Phi) is 4.61. The Labute approximate surface area is 132 Å². The van der Waals surface area contributed by atoms with E-state index in [9.17, 15) is 4.79 Å². The van der Waals surface area contributed by atoms with Crippen molar-refractivity contribution < 1.29 is 4.79 Å². The minimum Gasteiger partial charge on any atom is -0.351 e. The summed E-state index contributed by atoms with van der Waals surface area (Å²) in [6.45, 7) is 10.0. The number of carbonyl (C=O) groups excluding carboxylic acids is 1. The summed E-state index contributed by atoms with van der Waals surface area (Å²) in [6.07, 6.45) is 0. The molecule has 2 rings (SSSR count). The van der Waals surface area contributed by atoms with Gasteiger partial charge in [0, 0.05) is 24.0 Å². The van der Waals surface area contributed by atoms with Crippen LogP contribution in [0.25, 0.3) is 10.9 Å². The van der Waals surface area contributed by atoms with Gasteiger partial charge >= 0.3 is 0 Å². The van der Waals surface area contributed by atoms with Gasteiger partial charge in [0.1, 0.15) is 5.69 Å². The maximum atomic E-state index is 12.4. The van der Waals surface area contributed by atoms with E-state index in [-0.39, 0.29) is 11.3 Å². The molecule has 120 valence electrons. The lowest BCUT2D eigenvalue weighted by Gasteiger charge is -2.28. The molecule has 0 radical (unpaired) electrons. The lowest BCUT2D eigenvalue weighted by Crippen LogP contribution is -2.40. The van der Waals surface area contributed by atoms with Gasteiger partial charge < -0.3 is 15.2 Å². The number of amides is 1. The van der Waals surface area contributed by atoms with Crippen LogP contribution in [0.5, 0.6) is 0 Å². The van der Waals surface area contributed by atoms with Crippen LogP contribution < -0.4 is 5.32 Å². The van der Waals surface area contributed by atoms with Gasteiger partial charge in [-0.2, -0.15) is 0 Å². The largest absolute Gasteiger partial charge is 0.351 e. The Hall–Kier alpha value is -1.81. The zero-order valence-electron chi connectivity index (χ0n) is 14.5. The number of fused-ring (bicyclic) bond motifs is 1. The number of carbonyl (C=O) groups is 1. The van der Waals surface area contributed by atoms with Crippen molar-refractivity contribution in [2.75, 3.05) is 27.2 Å². The summed E-state index contributed by atoms with van der Waals surface area (Å²) < 4.78 is 0. The lowest BCUT2D eigenvalue weighted by atomic mass is 9.93. The molecule has 0 aliphatic carbocycles. The number of nitrogens with one attached hydrogen (secondary N) is 2. The number of rotatable bonds is 5. The highest BCUT2D eigenvalue weighted by atomic mass is 16.1. The molecule has 0 aliphatic rings. The third-order valence-electron chi connectivity index (χ3n) is 3.81. The highest BCUT2D eigenvalue weighted by molar-refractivity contribution is 5.99. The van der Waals surface area contributed by atoms with Gasteiger partial charge in [-0.25, -0.2) is 0 Å². The normalized spacial score (nSPS) is 12.1. The smallest absolute Gasteiger partial charge is 0.267 e. The second-order valence-corrected chi connectivity index (χ2v) is 7.31. The standard InChI is InChI=1S/C18H27N3O/c1-12-7-13(2)14-9-16(20-15(14)8-12)17(22)19-10-18(3,4)11-21(5)6/h7-9,20H,10-11H2,1-6H3,(H,19,22). The average Bonchev–Trinajstić information content (AvgIpc) is 2.78. The van der Waals surface area contributed by atoms with Crippen molar-refractivity contribution in [1.29, 1.82) is 0 Å². The van der Waals surface area contributed by atoms with Crippen LogP contribution in [0, 0.1) is 19.3 Å². The molecule has 0 bridgehead atoms. The zero-order valence-corrected chi connectivity index (χ0v) is 14.5. The first-order valence-electron chi connectivity index (χ1n) is 7.71. The van der Waals surface area contributed by atoms with Crippen LogP contribution in [-0.2, 0) is 0 Å². The Morgan fingerprint density at radius 1 is 1.23 bits per heavy atom. The minimum atomic E-state index is -0.0416. The molecular weight excluding hydrogens is 274 g/mol. The van der Waals surface area contributed by atoms with Crippen molar-refractivity contribution in [2.24, 2.45) is 5.41 Å². The maximum absolute atomic E-state index is 12.4. The van der Waals surface area contributed by atoms with Gasteiger partial charge in [-0.15, -0.1) is 0 Å². The fourth-order valence-corrected chi connectivity index (χ4v) is 3.05. The molecule has 0 aliphatic heterocycles. The summed E-state index contributed by atoms with van der Waals surface area (Å²) in [5.74, 6) is -0.0416. The molecule has 0 saturated carbocycles. The molecule has 0 atom stereocenters. The summed E-state index contributed by atoms with van der Waals surface area (Å²) in [6, 6.07) is 6.16. The van der Waals surface area contributed by atoms with Crippen LogP contribution in [0.3, 0.4) is 0 Å². The molecule has 2 N–H and O–H groups in total. The number of aromatic nitrogens is 1. The van der Waals surface area contributed by atoms with E-state index in [0.717, 1.165) is 17.4 Å². The highest BCUT2D eigenvalue weighted by Crippen LogP contribution is 2.21. The Bertz CT molecular complexity index is 683. The Balaban J connectivity index is 2.12. The number of aromatic amines is 1. The number of hydrogen-bond acceptors (Lipinski definition) is 2. The van der Waals surface area contributed by atoms with Crippen molar-refractivity contribution in [3.05, 3.63) is 35.0 Å². The fourth-order valence-electron chi connectivity index (χ4n) is 3.05. The van der Waals surface area contributed by atoms with E-state index in [1.165, 1.54) is 11.1 Å². The second-order valence-electron chi connectivity index (χ2n) is 7.31. The first-order valence-corrected chi connectivity index (χ1v) is 7.71. The number of aryl methyl sites for hydroxylation is 2. The number of benzene rings is 1. The highest BCUT2D eigenvalue weighted by Gasteiger charge is 2.20. The van der Waals surface area contributed by atoms with Gasteiger partial charge in [0.05, 0.1) is 0 Å². The molecule has 0 spiro atoms. The number of H-pyrrole nitrogens is 1. The Morgan fingerprint density at radius 2 is 1.91 bits per heavy atom. The molecule has 4 nitrogen and oxygen atoms in total. The van der Waals surface area contributed by atoms with Gasteiger partial charge in [-0.1, -0.05) is 19.9 Å². The number of hydrogen-bond donors (Lipinski definition) is 2. The van der Waals surface area contributed by atoms with Crippen molar-refractivity contribution in [2.45, 2.75) is 27.7 Å². The third kappa shape index (κ3) is 3.89. The van der Waals surface area contributed by atoms with E-state index in [0.29, 0.717) is 12.2 Å². The number of nitrogens with zero attached hydrogens (tertiary/aromatic N) is 1. The summed E-state index contributed by atoms with van der Waals surface area (Å²) in [5, 5.41) is 4.16. The van der Waals surface area contributed by atoms with Crippen LogP contribution in [0.2, 0.25) is 0 Å². The molecule has 0 unspecified atom stereocenters. The van der Waals surface area contributed by atoms with Gasteiger partial charge in [-0.3, -0.25) is 4.79 Å². The molecule has 2 aromatic rings. The van der Waals surface area contributed by atoms with Crippen molar-refractivity contribution >= 4 is 16.8 Å². The first-order chi connectivity index (χ1) is 10.2. The monoisotopic (exact) mass is 301 g/mol. The molecule has 4 heteroatoms. The van der Waals surface area contributed by atoms with Crippen LogP contribution in [0.4, 0.5) is 0 Å². The topological polar surface area (TPSA) is 48.1 Å². The molecule has 0 fully saturated rings. The van der Waals surface area contributed by atoms with E-state index in [4.69, 9.17) is 0 Å². The quantitative estimate of drug-likeness (QED) is 0.891. The summed E-state index contributed by atoms with van der Waals surface area (Å²) >= 11 is 0. The molecule has 0 saturated heterocycles. The van der Waals surface area contributed by atoms with E-state index in [2.05, 4.69) is 55.0 Å². The van der Waals surface area contributed by atoms with E-state index in [1.807, 2.05) is 20.2 Å². The predicted molar refractivity (Wildman–Crippen MR) is 92.4 cm³/mol. The maximum Gasteiger partial charge on any atom is 0.267 e. The van der Waals surface area contributed by atoms with Gasteiger partial charge in [-0.05, 0) is 56.6 Å². The zero-order chi connectivity index (χ0) is 16.5. The minimum absolute atomic E-state index is 0.0394. The molecule has 1 aromatic heterocycles. The van der Waals surface area contributed by atoms with E-state index < -0.39 is 0 Å². The SMILES string of the molecule is Cc1cc(C)c2cc(C(=O)NCC(C)(C)CN(C)C)[nH]c2c1. The van der Waals surface area contributed by atoms with E-state index in [1.54, 1.807) is 0 Å². The average molecular weight is 301 g/mol. The third-order valence-corrected chi connectivity index (χ3v) is 3.81. The van der Waals surface area contributed by atoms with Crippen LogP contribution in [0.15, 0.2) is 18.2 Å². The molecule has 1 aromatic carbocycles. The lowest BCUT2D eigenvalue weighted by molar-refractivity contribution is 0.0925. The van der Waals surface area contributed by atoms with Gasteiger partial charge in [0.15, 0.2) is 0 Å². The molecule has 1 heterocycles.